The first-order chi connectivity index (χ1) is 11.1. The molecule has 6 heteroatoms. The molecule has 1 amide bonds. The van der Waals surface area contributed by atoms with E-state index in [1.54, 1.807) is 12.1 Å². The molecule has 1 atom stereocenters. The second kappa shape index (κ2) is 5.85. The highest BCUT2D eigenvalue weighted by molar-refractivity contribution is 6.62. The maximum absolute atomic E-state index is 14.6. The summed E-state index contributed by atoms with van der Waals surface area (Å²) in [5, 5.41) is 0. The average molecular weight is 333 g/mol. The van der Waals surface area contributed by atoms with E-state index in [1.165, 1.54) is 6.07 Å². The molecule has 2 aliphatic heterocycles. The third-order valence-corrected chi connectivity index (χ3v) is 5.57. The van der Waals surface area contributed by atoms with Crippen molar-refractivity contribution in [3.63, 3.8) is 0 Å². The summed E-state index contributed by atoms with van der Waals surface area (Å²) in [6, 6.07) is 4.78. The Bertz CT molecular complexity index is 646. The van der Waals surface area contributed by atoms with Crippen LogP contribution in [0, 0.1) is 5.82 Å². The van der Waals surface area contributed by atoms with Gasteiger partial charge in [0.15, 0.2) is 0 Å². The van der Waals surface area contributed by atoms with Gasteiger partial charge in [0.25, 0.3) is 5.91 Å². The molecule has 1 aromatic carbocycles. The number of carbonyl (C=O) groups excluding carboxylic acids is 1. The molecule has 0 aromatic heterocycles. The summed E-state index contributed by atoms with van der Waals surface area (Å²) < 4.78 is 26.4. The van der Waals surface area contributed by atoms with Crippen LogP contribution in [0.5, 0.6) is 0 Å². The molecule has 3 rings (SSSR count). The third-order valence-electron chi connectivity index (χ3n) is 5.57. The molecule has 4 nitrogen and oxygen atoms in total. The first kappa shape index (κ1) is 17.4. The van der Waals surface area contributed by atoms with Crippen molar-refractivity contribution in [3.05, 3.63) is 29.6 Å². The van der Waals surface area contributed by atoms with Crippen molar-refractivity contribution in [2.45, 2.75) is 64.7 Å². The Balaban J connectivity index is 1.82. The summed E-state index contributed by atoms with van der Waals surface area (Å²) in [6.07, 6.45) is 2.00. The summed E-state index contributed by atoms with van der Waals surface area (Å²) in [5.41, 5.74) is -0.339. The summed E-state index contributed by atoms with van der Waals surface area (Å²) >= 11 is 0. The Labute approximate surface area is 143 Å². The number of likely N-dealkylation sites (tertiary alicyclic amines) is 1. The number of carbonyl (C=O) groups is 1. The minimum Gasteiger partial charge on any atom is -0.399 e. The molecule has 24 heavy (non-hydrogen) atoms. The highest BCUT2D eigenvalue weighted by Crippen LogP contribution is 2.36. The molecule has 0 bridgehead atoms. The molecule has 2 heterocycles. The van der Waals surface area contributed by atoms with Crippen LogP contribution >= 0.6 is 0 Å². The van der Waals surface area contributed by atoms with Crippen molar-refractivity contribution in [1.82, 2.24) is 4.90 Å². The first-order valence-electron chi connectivity index (χ1n) is 8.58. The van der Waals surface area contributed by atoms with Gasteiger partial charge in [-0.05, 0) is 59.6 Å². The van der Waals surface area contributed by atoms with Crippen LogP contribution in [0.15, 0.2) is 18.2 Å². The third kappa shape index (κ3) is 2.86. The van der Waals surface area contributed by atoms with Gasteiger partial charge in [0.05, 0.1) is 11.2 Å². The lowest BCUT2D eigenvalue weighted by Crippen LogP contribution is -2.41. The number of rotatable bonds is 2. The molecule has 2 fully saturated rings. The zero-order chi connectivity index (χ0) is 17.7. The van der Waals surface area contributed by atoms with Crippen molar-refractivity contribution < 1.29 is 18.5 Å². The SMILES string of the molecule is C[C@H]1CCCN1C(=O)c1ccc(B2OC(C)(C)C(C)(C)O2)c(F)c1. The largest absolute Gasteiger partial charge is 0.497 e. The van der Waals surface area contributed by atoms with Crippen molar-refractivity contribution in [2.75, 3.05) is 6.54 Å². The smallest absolute Gasteiger partial charge is 0.399 e. The molecular formula is C18H25BFNO3. The average Bonchev–Trinajstić information content (AvgIpc) is 2.99. The van der Waals surface area contributed by atoms with Gasteiger partial charge in [-0.3, -0.25) is 4.79 Å². The van der Waals surface area contributed by atoms with E-state index in [0.29, 0.717) is 11.0 Å². The van der Waals surface area contributed by atoms with Gasteiger partial charge in [0, 0.05) is 23.6 Å². The van der Waals surface area contributed by atoms with Gasteiger partial charge in [0.2, 0.25) is 0 Å². The van der Waals surface area contributed by atoms with E-state index in [9.17, 15) is 9.18 Å². The lowest BCUT2D eigenvalue weighted by molar-refractivity contribution is 0.00578. The van der Waals surface area contributed by atoms with Crippen LogP contribution in [-0.2, 0) is 9.31 Å². The van der Waals surface area contributed by atoms with E-state index >= 15 is 0 Å². The predicted molar refractivity (Wildman–Crippen MR) is 91.8 cm³/mol. The fourth-order valence-electron chi connectivity index (χ4n) is 3.22. The minimum absolute atomic E-state index is 0.112. The van der Waals surface area contributed by atoms with Crippen LogP contribution in [0.2, 0.25) is 0 Å². The molecule has 0 unspecified atom stereocenters. The van der Waals surface area contributed by atoms with Crippen molar-refractivity contribution in [1.29, 1.82) is 0 Å². The molecule has 1 aromatic rings. The molecule has 0 saturated carbocycles. The van der Waals surface area contributed by atoms with Gasteiger partial charge in [-0.1, -0.05) is 6.07 Å². The van der Waals surface area contributed by atoms with Gasteiger partial charge >= 0.3 is 7.12 Å². The zero-order valence-electron chi connectivity index (χ0n) is 15.1. The maximum Gasteiger partial charge on any atom is 0.497 e. The molecule has 0 spiro atoms. The molecule has 0 aliphatic carbocycles. The van der Waals surface area contributed by atoms with Crippen molar-refractivity contribution >= 4 is 18.5 Å². The minimum atomic E-state index is -0.759. The first-order valence-corrected chi connectivity index (χ1v) is 8.58. The lowest BCUT2D eigenvalue weighted by Gasteiger charge is -2.32. The highest BCUT2D eigenvalue weighted by atomic mass is 19.1. The van der Waals surface area contributed by atoms with Crippen LogP contribution in [0.4, 0.5) is 4.39 Å². The van der Waals surface area contributed by atoms with E-state index in [-0.39, 0.29) is 11.9 Å². The number of amides is 1. The van der Waals surface area contributed by atoms with E-state index in [2.05, 4.69) is 0 Å². The number of benzene rings is 1. The van der Waals surface area contributed by atoms with Crippen LogP contribution in [-0.4, -0.2) is 41.7 Å². The molecule has 0 N–H and O–H groups in total. The Kier molecular flexibility index (Phi) is 4.25. The number of hydrogen-bond acceptors (Lipinski definition) is 3. The van der Waals surface area contributed by atoms with Gasteiger partial charge in [-0.25, -0.2) is 4.39 Å². The Hall–Kier alpha value is -1.40. The van der Waals surface area contributed by atoms with Gasteiger partial charge in [-0.15, -0.1) is 0 Å². The summed E-state index contributed by atoms with van der Waals surface area (Å²) in [5.74, 6) is -0.578. The van der Waals surface area contributed by atoms with Crippen LogP contribution < -0.4 is 5.46 Å². The number of nitrogens with zero attached hydrogens (tertiary/aromatic N) is 1. The number of halogens is 1. The standard InChI is InChI=1S/C18H25BFNO3/c1-12-7-6-10-21(12)16(22)13-8-9-14(15(20)11-13)19-23-17(2,3)18(4,5)24-19/h8-9,11-12H,6-7,10H2,1-5H3/t12-/m0/s1. The highest BCUT2D eigenvalue weighted by Gasteiger charge is 2.52. The van der Waals surface area contributed by atoms with E-state index in [0.717, 1.165) is 19.4 Å². The Morgan fingerprint density at radius 3 is 2.38 bits per heavy atom. The predicted octanol–water partition coefficient (Wildman–Crippen LogP) is 2.75. The zero-order valence-corrected chi connectivity index (χ0v) is 15.1. The quantitative estimate of drug-likeness (QED) is 0.781. The molecule has 2 aliphatic rings. The molecule has 130 valence electrons. The Morgan fingerprint density at radius 1 is 1.25 bits per heavy atom. The lowest BCUT2D eigenvalue weighted by atomic mass is 9.78. The molecular weight excluding hydrogens is 308 g/mol. The molecule has 2 saturated heterocycles. The second-order valence-corrected chi connectivity index (χ2v) is 7.81. The van der Waals surface area contributed by atoms with Crippen LogP contribution in [0.3, 0.4) is 0 Å². The number of hydrogen-bond donors (Lipinski definition) is 0. The summed E-state index contributed by atoms with van der Waals surface area (Å²) in [6.45, 7) is 10.5. The Morgan fingerprint density at radius 2 is 1.88 bits per heavy atom. The van der Waals surface area contributed by atoms with E-state index in [1.807, 2.05) is 39.5 Å². The van der Waals surface area contributed by atoms with Crippen LogP contribution in [0.1, 0.15) is 57.8 Å². The van der Waals surface area contributed by atoms with E-state index < -0.39 is 24.1 Å². The van der Waals surface area contributed by atoms with E-state index in [4.69, 9.17) is 9.31 Å². The summed E-state index contributed by atoms with van der Waals surface area (Å²) in [7, 11) is -0.759. The molecule has 0 radical (unpaired) electrons. The fraction of sp³-hybridized carbons (Fsp3) is 0.611. The fourth-order valence-corrected chi connectivity index (χ4v) is 3.22. The van der Waals surface area contributed by atoms with Crippen LogP contribution in [0.25, 0.3) is 0 Å². The van der Waals surface area contributed by atoms with Crippen molar-refractivity contribution in [2.24, 2.45) is 0 Å². The topological polar surface area (TPSA) is 38.8 Å². The monoisotopic (exact) mass is 333 g/mol. The second-order valence-electron chi connectivity index (χ2n) is 7.81. The maximum atomic E-state index is 14.6. The van der Waals surface area contributed by atoms with Gasteiger partial charge in [0.1, 0.15) is 5.82 Å². The van der Waals surface area contributed by atoms with Crippen molar-refractivity contribution in [3.8, 4) is 0 Å². The normalized spacial score (nSPS) is 25.3. The van der Waals surface area contributed by atoms with Gasteiger partial charge in [-0.2, -0.15) is 0 Å². The summed E-state index contributed by atoms with van der Waals surface area (Å²) in [4.78, 5) is 14.4. The van der Waals surface area contributed by atoms with Gasteiger partial charge < -0.3 is 14.2 Å².